The first-order valence-electron chi connectivity index (χ1n) is 10.8. The molecule has 0 aromatic heterocycles. The summed E-state index contributed by atoms with van der Waals surface area (Å²) in [6, 6.07) is 12.2. The quantitative estimate of drug-likeness (QED) is 0.632. The first-order chi connectivity index (χ1) is 14.9. The number of nitrogens with zero attached hydrogens (tertiary/aromatic N) is 1. The fourth-order valence-corrected chi connectivity index (χ4v) is 5.68. The molecule has 2 aromatic carbocycles. The lowest BCUT2D eigenvalue weighted by atomic mass is 9.74. The first kappa shape index (κ1) is 20.9. The Morgan fingerprint density at radius 3 is 2.61 bits per heavy atom. The summed E-state index contributed by atoms with van der Waals surface area (Å²) in [6.07, 6.45) is 4.18. The van der Waals surface area contributed by atoms with E-state index in [-0.39, 0.29) is 17.3 Å². The van der Waals surface area contributed by atoms with E-state index in [0.717, 1.165) is 42.8 Å². The molecule has 3 aliphatic rings. The van der Waals surface area contributed by atoms with Crippen molar-refractivity contribution in [2.45, 2.75) is 31.1 Å². The summed E-state index contributed by atoms with van der Waals surface area (Å²) in [5.74, 6) is 0.0685. The lowest BCUT2D eigenvalue weighted by Crippen LogP contribution is -2.45. The molecule has 0 bridgehead atoms. The number of hydrogen-bond donors (Lipinski definition) is 1. The molecule has 2 aromatic rings. The molecule has 0 radical (unpaired) electrons. The monoisotopic (exact) mass is 457 g/mol. The summed E-state index contributed by atoms with van der Waals surface area (Å²) in [5, 5.41) is 10.6. The summed E-state index contributed by atoms with van der Waals surface area (Å²) in [4.78, 5) is 13.4. The van der Waals surface area contributed by atoms with E-state index >= 15 is 0 Å². The maximum atomic E-state index is 11.2. The molecule has 2 heterocycles. The summed E-state index contributed by atoms with van der Waals surface area (Å²) in [7, 11) is 0. The lowest BCUT2D eigenvalue weighted by molar-refractivity contribution is -0.141. The van der Waals surface area contributed by atoms with Crippen molar-refractivity contribution in [3.05, 3.63) is 69.2 Å². The van der Waals surface area contributed by atoms with Gasteiger partial charge in [0.2, 0.25) is 0 Å². The number of allylic oxidation sites excluding steroid dienone is 2. The highest BCUT2D eigenvalue weighted by Gasteiger charge is 2.44. The molecule has 1 saturated heterocycles. The van der Waals surface area contributed by atoms with Gasteiger partial charge in [-0.05, 0) is 55.3 Å². The van der Waals surface area contributed by atoms with Crippen LogP contribution < -0.4 is 4.74 Å². The molecule has 0 amide bonds. The van der Waals surface area contributed by atoms with Gasteiger partial charge in [-0.25, -0.2) is 0 Å². The van der Waals surface area contributed by atoms with E-state index < -0.39 is 5.97 Å². The highest BCUT2D eigenvalue weighted by molar-refractivity contribution is 6.36. The number of ether oxygens (including phenoxy) is 1. The zero-order chi connectivity index (χ0) is 21.8. The molecule has 6 heteroatoms. The number of piperidine rings is 1. The number of aliphatic carboxylic acids is 1. The van der Waals surface area contributed by atoms with Gasteiger partial charge in [-0.2, -0.15) is 0 Å². The topological polar surface area (TPSA) is 49.8 Å². The molecule has 0 saturated carbocycles. The molecule has 2 unspecified atom stereocenters. The van der Waals surface area contributed by atoms with Crippen LogP contribution in [-0.2, 0) is 10.2 Å². The minimum absolute atomic E-state index is 0.0419. The van der Waals surface area contributed by atoms with E-state index in [1.807, 2.05) is 18.2 Å². The second-order valence-corrected chi connectivity index (χ2v) is 9.87. The smallest absolute Gasteiger partial charge is 0.307 e. The Hall–Kier alpha value is -2.01. The second-order valence-electron chi connectivity index (χ2n) is 9.05. The fraction of sp³-hybridized carbons (Fsp3) is 0.400. The molecule has 1 fully saturated rings. The number of halogens is 2. The number of benzene rings is 2. The van der Waals surface area contributed by atoms with Crippen LogP contribution in [0.5, 0.6) is 5.75 Å². The van der Waals surface area contributed by atoms with Crippen LogP contribution in [0.2, 0.25) is 10.0 Å². The molecular formula is C25H25Cl2NO3. The third-order valence-corrected chi connectivity index (χ3v) is 7.70. The van der Waals surface area contributed by atoms with Gasteiger partial charge in [0.25, 0.3) is 0 Å². The van der Waals surface area contributed by atoms with Crippen molar-refractivity contribution in [2.75, 3.05) is 26.2 Å². The van der Waals surface area contributed by atoms with Crippen molar-refractivity contribution in [1.82, 2.24) is 4.90 Å². The zero-order valence-electron chi connectivity index (χ0n) is 17.4. The minimum atomic E-state index is -0.729. The van der Waals surface area contributed by atoms with E-state index in [2.05, 4.69) is 29.2 Å². The Kier molecular flexibility index (Phi) is 5.28. The summed E-state index contributed by atoms with van der Waals surface area (Å²) in [5.41, 5.74) is 4.70. The van der Waals surface area contributed by atoms with E-state index in [9.17, 15) is 9.90 Å². The Bertz CT molecular complexity index is 1050. The van der Waals surface area contributed by atoms with Gasteiger partial charge in [-0.3, -0.25) is 4.79 Å². The predicted molar refractivity (Wildman–Crippen MR) is 123 cm³/mol. The van der Waals surface area contributed by atoms with Gasteiger partial charge in [-0.15, -0.1) is 0 Å². The lowest BCUT2D eigenvalue weighted by Gasteiger charge is -2.39. The standard InChI is InChI=1S/C25H25Cl2NO3/c1-15(24(29)30)13-28-9-7-25(8-10-28)14-31-22-11-16(5-6-19(22)25)17-12-18(17)23-20(26)3-2-4-21(23)27/h2-6,11-12,15,18H,7-10,13-14H2,1H3,(H,29,30). The van der Waals surface area contributed by atoms with E-state index in [1.165, 1.54) is 11.1 Å². The predicted octanol–water partition coefficient (Wildman–Crippen LogP) is 5.62. The molecule has 31 heavy (non-hydrogen) atoms. The second kappa shape index (κ2) is 7.84. The number of fused-ring (bicyclic) bond motifs is 2. The number of rotatable bonds is 5. The Morgan fingerprint density at radius 1 is 1.23 bits per heavy atom. The first-order valence-corrected chi connectivity index (χ1v) is 11.5. The molecule has 5 rings (SSSR count). The van der Waals surface area contributed by atoms with Crippen molar-refractivity contribution in [2.24, 2.45) is 5.92 Å². The fourth-order valence-electron chi connectivity index (χ4n) is 5.05. The van der Waals surface area contributed by atoms with Crippen molar-refractivity contribution in [3.63, 3.8) is 0 Å². The van der Waals surface area contributed by atoms with E-state index in [1.54, 1.807) is 6.92 Å². The number of hydrogen-bond acceptors (Lipinski definition) is 3. The molecule has 2 atom stereocenters. The molecule has 1 aliphatic carbocycles. The Labute approximate surface area is 192 Å². The van der Waals surface area contributed by atoms with Crippen LogP contribution in [0.3, 0.4) is 0 Å². The van der Waals surface area contributed by atoms with Crippen molar-refractivity contribution in [3.8, 4) is 5.75 Å². The normalized spacial score (nSPS) is 22.5. The number of carbonyl (C=O) groups is 1. The van der Waals surface area contributed by atoms with Crippen LogP contribution in [0.15, 0.2) is 42.5 Å². The number of carboxylic acid groups (broad SMARTS) is 1. The third kappa shape index (κ3) is 3.75. The van der Waals surface area contributed by atoms with Crippen molar-refractivity contribution >= 4 is 34.7 Å². The molecule has 1 spiro atoms. The SMILES string of the molecule is CC(CN1CCC2(CC1)COc1cc(C3=CC3c3c(Cl)cccc3Cl)ccc12)C(=O)O. The van der Waals surface area contributed by atoms with Crippen LogP contribution in [0, 0.1) is 5.92 Å². The molecule has 4 nitrogen and oxygen atoms in total. The van der Waals surface area contributed by atoms with Crippen LogP contribution in [0.1, 0.15) is 42.4 Å². The van der Waals surface area contributed by atoms with Gasteiger partial charge in [0.05, 0.1) is 12.5 Å². The maximum absolute atomic E-state index is 11.2. The maximum Gasteiger partial charge on any atom is 0.307 e. The van der Waals surface area contributed by atoms with Crippen LogP contribution >= 0.6 is 23.2 Å². The van der Waals surface area contributed by atoms with Gasteiger partial charge < -0.3 is 14.7 Å². The molecule has 162 valence electrons. The van der Waals surface area contributed by atoms with Crippen LogP contribution in [-0.4, -0.2) is 42.2 Å². The number of carboxylic acids is 1. The summed E-state index contributed by atoms with van der Waals surface area (Å²) >= 11 is 12.8. The Morgan fingerprint density at radius 2 is 1.94 bits per heavy atom. The van der Waals surface area contributed by atoms with E-state index in [0.29, 0.717) is 23.2 Å². The van der Waals surface area contributed by atoms with Gasteiger partial charge in [0, 0.05) is 39.0 Å². The molecule has 2 aliphatic heterocycles. The van der Waals surface area contributed by atoms with Crippen LogP contribution in [0.4, 0.5) is 0 Å². The Balaban J connectivity index is 1.29. The average Bonchev–Trinajstić information content (AvgIpc) is 3.46. The third-order valence-electron chi connectivity index (χ3n) is 7.04. The minimum Gasteiger partial charge on any atom is -0.492 e. The summed E-state index contributed by atoms with van der Waals surface area (Å²) < 4.78 is 6.16. The van der Waals surface area contributed by atoms with Gasteiger partial charge in [-0.1, -0.05) is 54.4 Å². The van der Waals surface area contributed by atoms with Crippen LogP contribution in [0.25, 0.3) is 5.57 Å². The van der Waals surface area contributed by atoms with Crippen molar-refractivity contribution in [1.29, 1.82) is 0 Å². The largest absolute Gasteiger partial charge is 0.492 e. The van der Waals surface area contributed by atoms with Gasteiger partial charge >= 0.3 is 5.97 Å². The van der Waals surface area contributed by atoms with Gasteiger partial charge in [0.15, 0.2) is 0 Å². The van der Waals surface area contributed by atoms with Crippen molar-refractivity contribution < 1.29 is 14.6 Å². The highest BCUT2D eigenvalue weighted by atomic mass is 35.5. The number of likely N-dealkylation sites (tertiary alicyclic amines) is 1. The molecule has 1 N–H and O–H groups in total. The van der Waals surface area contributed by atoms with E-state index in [4.69, 9.17) is 27.9 Å². The summed E-state index contributed by atoms with van der Waals surface area (Å²) in [6.45, 7) is 4.89. The zero-order valence-corrected chi connectivity index (χ0v) is 18.9. The highest BCUT2D eigenvalue weighted by Crippen LogP contribution is 2.53. The molecular weight excluding hydrogens is 433 g/mol. The van der Waals surface area contributed by atoms with Gasteiger partial charge in [0.1, 0.15) is 5.75 Å². The average molecular weight is 458 g/mol.